The average Bonchev–Trinajstić information content (AvgIpc) is 2.45. The molecular weight excluding hydrogens is 134 g/mol. The van der Waals surface area contributed by atoms with E-state index in [0.29, 0.717) is 10.8 Å². The highest BCUT2D eigenvalue weighted by atomic mass is 14.8. The minimum Gasteiger partial charge on any atom is -0.297 e. The predicted molar refractivity (Wildman–Crippen MR) is 48.0 cm³/mol. The monoisotopic (exact) mass is 151 g/mol. The maximum absolute atomic E-state index is 4.39. The first kappa shape index (κ1) is 7.33. The maximum atomic E-state index is 4.39. The molecule has 0 aromatic heterocycles. The molecule has 1 unspecified atom stereocenters. The molecular formula is C10H17N. The van der Waals surface area contributed by atoms with Crippen LogP contribution in [-0.4, -0.2) is 12.8 Å². The molecule has 1 aliphatic heterocycles. The van der Waals surface area contributed by atoms with Crippen molar-refractivity contribution in [3.05, 3.63) is 0 Å². The third kappa shape index (κ3) is 0.863. The minimum absolute atomic E-state index is 0.493. The fourth-order valence-corrected chi connectivity index (χ4v) is 2.70. The van der Waals surface area contributed by atoms with E-state index in [-0.39, 0.29) is 0 Å². The molecule has 1 spiro atoms. The second-order valence-electron chi connectivity index (χ2n) is 4.68. The molecule has 0 saturated heterocycles. The molecule has 1 atom stereocenters. The van der Waals surface area contributed by atoms with Crippen molar-refractivity contribution in [3.63, 3.8) is 0 Å². The van der Waals surface area contributed by atoms with Crippen molar-refractivity contribution in [3.8, 4) is 0 Å². The molecule has 2 aliphatic rings. The average molecular weight is 151 g/mol. The van der Waals surface area contributed by atoms with Crippen LogP contribution in [0.5, 0.6) is 0 Å². The lowest BCUT2D eigenvalue weighted by Crippen LogP contribution is -2.32. The van der Waals surface area contributed by atoms with Crippen LogP contribution >= 0.6 is 0 Å². The van der Waals surface area contributed by atoms with Gasteiger partial charge in [0.25, 0.3) is 0 Å². The Kier molecular flexibility index (Phi) is 1.39. The van der Waals surface area contributed by atoms with Crippen molar-refractivity contribution in [2.75, 3.05) is 6.54 Å². The van der Waals surface area contributed by atoms with Gasteiger partial charge in [-0.1, -0.05) is 20.3 Å². The Morgan fingerprint density at radius 3 is 2.45 bits per heavy atom. The van der Waals surface area contributed by atoms with Crippen LogP contribution < -0.4 is 0 Å². The maximum Gasteiger partial charge on any atom is 0.0394 e. The van der Waals surface area contributed by atoms with Crippen LogP contribution in [0.15, 0.2) is 4.99 Å². The Labute approximate surface area is 68.9 Å². The van der Waals surface area contributed by atoms with Gasteiger partial charge in [0.15, 0.2) is 0 Å². The van der Waals surface area contributed by atoms with Gasteiger partial charge in [0, 0.05) is 18.2 Å². The SMILES string of the molecule is CC1(C)CCCC12C=NCC2. The smallest absolute Gasteiger partial charge is 0.0394 e. The van der Waals surface area contributed by atoms with Crippen LogP contribution in [-0.2, 0) is 0 Å². The van der Waals surface area contributed by atoms with Crippen LogP contribution in [0.4, 0.5) is 0 Å². The lowest BCUT2D eigenvalue weighted by molar-refractivity contribution is 0.198. The summed E-state index contributed by atoms with van der Waals surface area (Å²) in [6.45, 7) is 5.87. The fraction of sp³-hybridized carbons (Fsp3) is 0.900. The molecule has 2 rings (SSSR count). The van der Waals surface area contributed by atoms with Gasteiger partial charge in [-0.2, -0.15) is 0 Å². The van der Waals surface area contributed by atoms with Crippen molar-refractivity contribution in [2.24, 2.45) is 15.8 Å². The second-order valence-corrected chi connectivity index (χ2v) is 4.68. The van der Waals surface area contributed by atoms with E-state index in [9.17, 15) is 0 Å². The summed E-state index contributed by atoms with van der Waals surface area (Å²) < 4.78 is 0. The van der Waals surface area contributed by atoms with Gasteiger partial charge in [-0.05, 0) is 24.7 Å². The number of rotatable bonds is 0. The van der Waals surface area contributed by atoms with Gasteiger partial charge in [0.05, 0.1) is 0 Å². The highest BCUT2D eigenvalue weighted by molar-refractivity contribution is 5.69. The number of hydrogen-bond donors (Lipinski definition) is 0. The summed E-state index contributed by atoms with van der Waals surface area (Å²) in [6, 6.07) is 0. The lowest BCUT2D eigenvalue weighted by atomic mass is 9.68. The lowest BCUT2D eigenvalue weighted by Gasteiger charge is -2.35. The van der Waals surface area contributed by atoms with Gasteiger partial charge in [0.1, 0.15) is 0 Å². The zero-order valence-corrected chi connectivity index (χ0v) is 7.56. The third-order valence-electron chi connectivity index (χ3n) is 3.80. The summed E-state index contributed by atoms with van der Waals surface area (Å²) in [5, 5.41) is 0. The van der Waals surface area contributed by atoms with Gasteiger partial charge >= 0.3 is 0 Å². The van der Waals surface area contributed by atoms with Gasteiger partial charge in [0.2, 0.25) is 0 Å². The molecule has 1 aliphatic carbocycles. The predicted octanol–water partition coefficient (Wildman–Crippen LogP) is 2.66. The zero-order valence-electron chi connectivity index (χ0n) is 7.56. The molecule has 1 nitrogen and oxygen atoms in total. The van der Waals surface area contributed by atoms with Crippen molar-refractivity contribution in [1.82, 2.24) is 0 Å². The molecule has 0 aromatic rings. The fourth-order valence-electron chi connectivity index (χ4n) is 2.70. The molecule has 1 fully saturated rings. The van der Waals surface area contributed by atoms with E-state index < -0.39 is 0 Å². The van der Waals surface area contributed by atoms with Gasteiger partial charge in [-0.3, -0.25) is 4.99 Å². The Balaban J connectivity index is 2.30. The standard InChI is InChI=1S/C10H17N/c1-9(2)4-3-5-10(9)6-7-11-8-10/h8H,3-7H2,1-2H3. The van der Waals surface area contributed by atoms with Crippen LogP contribution in [0, 0.1) is 10.8 Å². The summed E-state index contributed by atoms with van der Waals surface area (Å²) in [5.74, 6) is 0. The summed E-state index contributed by atoms with van der Waals surface area (Å²) in [7, 11) is 0. The van der Waals surface area contributed by atoms with E-state index >= 15 is 0 Å². The Morgan fingerprint density at radius 2 is 2.00 bits per heavy atom. The highest BCUT2D eigenvalue weighted by Crippen LogP contribution is 2.54. The molecule has 0 aromatic carbocycles. The largest absolute Gasteiger partial charge is 0.297 e. The summed E-state index contributed by atoms with van der Waals surface area (Å²) >= 11 is 0. The minimum atomic E-state index is 0.493. The van der Waals surface area contributed by atoms with E-state index in [0.717, 1.165) is 6.54 Å². The molecule has 11 heavy (non-hydrogen) atoms. The quantitative estimate of drug-likeness (QED) is 0.504. The molecule has 0 N–H and O–H groups in total. The molecule has 1 saturated carbocycles. The van der Waals surface area contributed by atoms with E-state index in [1.54, 1.807) is 0 Å². The summed E-state index contributed by atoms with van der Waals surface area (Å²) in [6.07, 6.45) is 7.72. The van der Waals surface area contributed by atoms with Crippen LogP contribution in [0.25, 0.3) is 0 Å². The summed E-state index contributed by atoms with van der Waals surface area (Å²) in [4.78, 5) is 4.39. The number of nitrogens with zero attached hydrogens (tertiary/aromatic N) is 1. The van der Waals surface area contributed by atoms with Crippen LogP contribution in [0.3, 0.4) is 0 Å². The van der Waals surface area contributed by atoms with Gasteiger partial charge in [-0.25, -0.2) is 0 Å². The first-order valence-corrected chi connectivity index (χ1v) is 4.67. The molecule has 0 radical (unpaired) electrons. The topological polar surface area (TPSA) is 12.4 Å². The van der Waals surface area contributed by atoms with Crippen molar-refractivity contribution in [1.29, 1.82) is 0 Å². The van der Waals surface area contributed by atoms with Crippen LogP contribution in [0.1, 0.15) is 39.5 Å². The van der Waals surface area contributed by atoms with Crippen molar-refractivity contribution < 1.29 is 0 Å². The first-order chi connectivity index (χ1) is 5.16. The number of hydrogen-bond acceptors (Lipinski definition) is 1. The van der Waals surface area contributed by atoms with E-state index in [1.807, 2.05) is 0 Å². The second kappa shape index (κ2) is 2.09. The molecule has 0 bridgehead atoms. The third-order valence-corrected chi connectivity index (χ3v) is 3.80. The Hall–Kier alpha value is -0.330. The van der Waals surface area contributed by atoms with Gasteiger partial charge < -0.3 is 0 Å². The zero-order chi connectivity index (χ0) is 7.95. The Morgan fingerprint density at radius 1 is 1.18 bits per heavy atom. The molecule has 1 heterocycles. The molecule has 1 heteroatoms. The highest BCUT2D eigenvalue weighted by Gasteiger charge is 2.48. The van der Waals surface area contributed by atoms with E-state index in [1.165, 1.54) is 25.7 Å². The first-order valence-electron chi connectivity index (χ1n) is 4.67. The van der Waals surface area contributed by atoms with Crippen molar-refractivity contribution >= 4 is 6.21 Å². The number of aliphatic imine (C=N–C) groups is 1. The Bertz CT molecular complexity index is 193. The van der Waals surface area contributed by atoms with E-state index in [2.05, 4.69) is 25.1 Å². The molecule has 62 valence electrons. The van der Waals surface area contributed by atoms with Crippen LogP contribution in [0.2, 0.25) is 0 Å². The van der Waals surface area contributed by atoms with Gasteiger partial charge in [-0.15, -0.1) is 0 Å². The normalized spacial score (nSPS) is 40.5. The molecule has 0 amide bonds. The summed E-state index contributed by atoms with van der Waals surface area (Å²) in [5.41, 5.74) is 1.01. The van der Waals surface area contributed by atoms with Crippen molar-refractivity contribution in [2.45, 2.75) is 39.5 Å². The van der Waals surface area contributed by atoms with E-state index in [4.69, 9.17) is 0 Å².